The van der Waals surface area contributed by atoms with Gasteiger partial charge in [0.25, 0.3) is 11.5 Å². The number of nitrogens with zero attached hydrogens (tertiary/aromatic N) is 1. The molecule has 2 heterocycles. The molecule has 3 rings (SSSR count). The van der Waals surface area contributed by atoms with Crippen molar-refractivity contribution < 1.29 is 18.0 Å². The Bertz CT molecular complexity index is 1010. The fraction of sp³-hybridized carbons (Fsp3) is 0.235. The van der Waals surface area contributed by atoms with Gasteiger partial charge < -0.3 is 10.3 Å². The molecule has 136 valence electrons. The average molecular weight is 381 g/mol. The van der Waals surface area contributed by atoms with Crippen molar-refractivity contribution >= 4 is 27.5 Å². The predicted molar refractivity (Wildman–Crippen MR) is 92.5 cm³/mol. The molecular weight excluding hydrogens is 367 g/mol. The van der Waals surface area contributed by atoms with Crippen molar-refractivity contribution in [2.24, 2.45) is 0 Å². The Morgan fingerprint density at radius 3 is 2.58 bits per heavy atom. The monoisotopic (exact) mass is 381 g/mol. The number of hydrogen-bond donors (Lipinski definition) is 2. The number of aromatic amines is 1. The van der Waals surface area contributed by atoms with E-state index in [1.54, 1.807) is 6.92 Å². The molecule has 2 aromatic heterocycles. The van der Waals surface area contributed by atoms with E-state index in [-0.39, 0.29) is 18.0 Å². The third-order valence-corrected chi connectivity index (χ3v) is 5.12. The first-order valence-electron chi connectivity index (χ1n) is 7.68. The minimum absolute atomic E-state index is 0.266. The number of aromatic nitrogens is 2. The van der Waals surface area contributed by atoms with Gasteiger partial charge in [0.05, 0.1) is 22.2 Å². The van der Waals surface area contributed by atoms with Crippen LogP contribution in [0.1, 0.15) is 26.4 Å². The summed E-state index contributed by atoms with van der Waals surface area (Å²) in [7, 11) is 0. The highest BCUT2D eigenvalue weighted by molar-refractivity contribution is 7.20. The highest BCUT2D eigenvalue weighted by atomic mass is 32.1. The maximum atomic E-state index is 12.5. The molecule has 1 amide bonds. The molecule has 0 saturated heterocycles. The maximum Gasteiger partial charge on any atom is 0.416 e. The van der Waals surface area contributed by atoms with Crippen LogP contribution in [0.2, 0.25) is 0 Å². The van der Waals surface area contributed by atoms with Gasteiger partial charge >= 0.3 is 6.18 Å². The van der Waals surface area contributed by atoms with Crippen LogP contribution in [-0.2, 0) is 12.6 Å². The topological polar surface area (TPSA) is 74.8 Å². The number of halogens is 3. The molecule has 0 bridgehead atoms. The van der Waals surface area contributed by atoms with E-state index in [0.717, 1.165) is 23.5 Å². The fourth-order valence-corrected chi connectivity index (χ4v) is 3.62. The number of thiophene rings is 1. The van der Waals surface area contributed by atoms with E-state index in [9.17, 15) is 22.8 Å². The van der Waals surface area contributed by atoms with Crippen LogP contribution in [0.15, 0.2) is 35.4 Å². The van der Waals surface area contributed by atoms with Crippen LogP contribution in [0.4, 0.5) is 13.2 Å². The molecule has 2 N–H and O–H groups in total. The molecule has 0 unspecified atom stereocenters. The first-order valence-corrected chi connectivity index (χ1v) is 8.50. The first kappa shape index (κ1) is 18.1. The summed E-state index contributed by atoms with van der Waals surface area (Å²) in [5.41, 5.74) is 0.243. The molecule has 0 aliphatic rings. The molecule has 0 aliphatic heterocycles. The molecule has 9 heteroatoms. The minimum atomic E-state index is -4.36. The van der Waals surface area contributed by atoms with E-state index in [0.29, 0.717) is 32.6 Å². The highest BCUT2D eigenvalue weighted by Gasteiger charge is 2.29. The SMILES string of the molecule is Cc1c(C(=O)NCCc2ccc(C(F)(F)F)cc2)sc2nc[nH]c(=O)c12. The average Bonchev–Trinajstić information content (AvgIpc) is 2.93. The second kappa shape index (κ2) is 6.91. The number of nitrogens with one attached hydrogen (secondary N) is 2. The lowest BCUT2D eigenvalue weighted by Gasteiger charge is -2.08. The molecule has 0 saturated carbocycles. The number of hydrogen-bond acceptors (Lipinski definition) is 4. The van der Waals surface area contributed by atoms with Crippen LogP contribution in [-0.4, -0.2) is 22.4 Å². The van der Waals surface area contributed by atoms with Crippen molar-refractivity contribution in [2.45, 2.75) is 19.5 Å². The largest absolute Gasteiger partial charge is 0.416 e. The second-order valence-corrected chi connectivity index (χ2v) is 6.67. The van der Waals surface area contributed by atoms with Gasteiger partial charge in [-0.25, -0.2) is 4.98 Å². The highest BCUT2D eigenvalue weighted by Crippen LogP contribution is 2.29. The number of fused-ring (bicyclic) bond motifs is 1. The molecule has 5 nitrogen and oxygen atoms in total. The number of alkyl halides is 3. The molecule has 26 heavy (non-hydrogen) atoms. The maximum absolute atomic E-state index is 12.5. The standard InChI is InChI=1S/C17H14F3N3O2S/c1-9-12-14(24)22-8-23-16(12)26-13(9)15(25)21-7-6-10-2-4-11(5-3-10)17(18,19)20/h2-5,8H,6-7H2,1H3,(H,21,25)(H,22,23,24). The van der Waals surface area contributed by atoms with Gasteiger partial charge in [-0.05, 0) is 36.6 Å². The van der Waals surface area contributed by atoms with E-state index < -0.39 is 11.7 Å². The Kier molecular flexibility index (Phi) is 4.82. The normalized spacial score (nSPS) is 11.7. The van der Waals surface area contributed by atoms with E-state index in [4.69, 9.17) is 0 Å². The lowest BCUT2D eigenvalue weighted by atomic mass is 10.1. The van der Waals surface area contributed by atoms with Crippen LogP contribution in [0.5, 0.6) is 0 Å². The summed E-state index contributed by atoms with van der Waals surface area (Å²) in [6.07, 6.45) is -2.68. The predicted octanol–water partition coefficient (Wildman–Crippen LogP) is 3.28. The summed E-state index contributed by atoms with van der Waals surface area (Å²) >= 11 is 1.13. The van der Waals surface area contributed by atoms with Crippen molar-refractivity contribution in [2.75, 3.05) is 6.54 Å². The quantitative estimate of drug-likeness (QED) is 0.728. The van der Waals surface area contributed by atoms with E-state index >= 15 is 0 Å². The van der Waals surface area contributed by atoms with Crippen molar-refractivity contribution in [3.8, 4) is 0 Å². The van der Waals surface area contributed by atoms with Crippen LogP contribution in [0.3, 0.4) is 0 Å². The van der Waals surface area contributed by atoms with Gasteiger partial charge in [-0.2, -0.15) is 13.2 Å². The number of benzene rings is 1. The van der Waals surface area contributed by atoms with Crippen LogP contribution in [0, 0.1) is 6.92 Å². The van der Waals surface area contributed by atoms with E-state index in [1.807, 2.05) is 0 Å². The third-order valence-electron chi connectivity index (χ3n) is 3.92. The Balaban J connectivity index is 1.65. The summed E-state index contributed by atoms with van der Waals surface area (Å²) in [4.78, 5) is 31.6. The number of carbonyl (C=O) groups excluding carboxylic acids is 1. The Labute approximate surface area is 149 Å². The molecule has 0 aliphatic carbocycles. The van der Waals surface area contributed by atoms with Gasteiger partial charge in [0.1, 0.15) is 4.83 Å². The summed E-state index contributed by atoms with van der Waals surface area (Å²) in [6.45, 7) is 1.95. The van der Waals surface area contributed by atoms with Crippen molar-refractivity contribution in [3.63, 3.8) is 0 Å². The summed E-state index contributed by atoms with van der Waals surface area (Å²) < 4.78 is 37.6. The number of carbonyl (C=O) groups is 1. The van der Waals surface area contributed by atoms with Gasteiger partial charge in [0.2, 0.25) is 0 Å². The van der Waals surface area contributed by atoms with Gasteiger partial charge in [-0.3, -0.25) is 9.59 Å². The fourth-order valence-electron chi connectivity index (χ4n) is 2.56. The van der Waals surface area contributed by atoms with Crippen LogP contribution in [0.25, 0.3) is 10.2 Å². The third kappa shape index (κ3) is 3.62. The van der Waals surface area contributed by atoms with Crippen molar-refractivity contribution in [3.05, 3.63) is 62.5 Å². The Morgan fingerprint density at radius 2 is 1.96 bits per heavy atom. The van der Waals surface area contributed by atoms with E-state index in [2.05, 4.69) is 15.3 Å². The molecule has 0 atom stereocenters. The zero-order valence-electron chi connectivity index (χ0n) is 13.6. The lowest BCUT2D eigenvalue weighted by Crippen LogP contribution is -2.25. The summed E-state index contributed by atoms with van der Waals surface area (Å²) in [5.74, 6) is -0.336. The zero-order chi connectivity index (χ0) is 18.9. The molecule has 3 aromatic rings. The molecule has 1 aromatic carbocycles. The van der Waals surface area contributed by atoms with E-state index in [1.165, 1.54) is 18.5 Å². The van der Waals surface area contributed by atoms with Crippen molar-refractivity contribution in [1.82, 2.24) is 15.3 Å². The summed E-state index contributed by atoms with van der Waals surface area (Å²) in [6, 6.07) is 4.82. The summed E-state index contributed by atoms with van der Waals surface area (Å²) in [5, 5.41) is 3.12. The molecule has 0 radical (unpaired) electrons. The number of H-pyrrole nitrogens is 1. The number of rotatable bonds is 4. The Hall–Kier alpha value is -2.68. The molecule has 0 fully saturated rings. The van der Waals surface area contributed by atoms with Gasteiger partial charge in [0.15, 0.2) is 0 Å². The smallest absolute Gasteiger partial charge is 0.351 e. The second-order valence-electron chi connectivity index (χ2n) is 5.67. The Morgan fingerprint density at radius 1 is 1.27 bits per heavy atom. The zero-order valence-corrected chi connectivity index (χ0v) is 14.4. The van der Waals surface area contributed by atoms with Gasteiger partial charge in [-0.15, -0.1) is 11.3 Å². The first-order chi connectivity index (χ1) is 12.3. The van der Waals surface area contributed by atoms with Crippen molar-refractivity contribution in [1.29, 1.82) is 0 Å². The van der Waals surface area contributed by atoms with Gasteiger partial charge in [0, 0.05) is 6.54 Å². The van der Waals surface area contributed by atoms with Crippen LogP contribution >= 0.6 is 11.3 Å². The lowest BCUT2D eigenvalue weighted by molar-refractivity contribution is -0.137. The van der Waals surface area contributed by atoms with Gasteiger partial charge in [-0.1, -0.05) is 12.1 Å². The van der Waals surface area contributed by atoms with Crippen LogP contribution < -0.4 is 10.9 Å². The minimum Gasteiger partial charge on any atom is -0.351 e. The number of aryl methyl sites for hydroxylation is 1. The molecule has 0 spiro atoms. The number of amides is 1. The molecular formula is C17H14F3N3O2S.